The van der Waals surface area contributed by atoms with Crippen LogP contribution < -0.4 is 5.32 Å². The van der Waals surface area contributed by atoms with Gasteiger partial charge in [0.15, 0.2) is 0 Å². The maximum atomic E-state index is 10.9. The minimum atomic E-state index is -1.00. The smallest absolute Gasteiger partial charge is 0.305 e. The van der Waals surface area contributed by atoms with E-state index in [2.05, 4.69) is 21.2 Å². The fourth-order valence-electron chi connectivity index (χ4n) is 1.18. The Morgan fingerprint density at radius 2 is 2.33 bits per heavy atom. The molecule has 1 atom stereocenters. The van der Waals surface area contributed by atoms with Gasteiger partial charge in [-0.2, -0.15) is 0 Å². The van der Waals surface area contributed by atoms with Gasteiger partial charge >= 0.3 is 5.97 Å². The van der Waals surface area contributed by atoms with Crippen LogP contribution in [0, 0.1) is 0 Å². The van der Waals surface area contributed by atoms with Crippen molar-refractivity contribution in [2.24, 2.45) is 0 Å². The third-order valence-electron chi connectivity index (χ3n) is 1.72. The number of hydrogen-bond donors (Lipinski definition) is 2. The molecule has 1 unspecified atom stereocenters. The Kier molecular flexibility index (Phi) is 3.90. The summed E-state index contributed by atoms with van der Waals surface area (Å²) >= 11 is 3.21. The molecule has 0 saturated heterocycles. The highest BCUT2D eigenvalue weighted by Gasteiger charge is 2.21. The van der Waals surface area contributed by atoms with Gasteiger partial charge in [-0.15, -0.1) is 0 Å². The molecule has 0 radical (unpaired) electrons. The van der Waals surface area contributed by atoms with Crippen molar-refractivity contribution in [1.82, 2.24) is 5.32 Å². The third-order valence-corrected chi connectivity index (χ3v) is 2.37. The second-order valence-electron chi connectivity index (χ2n) is 2.98. The first-order chi connectivity index (χ1) is 7.00. The molecule has 0 saturated carbocycles. The monoisotopic (exact) mass is 275 g/mol. The molecule has 5 nitrogen and oxygen atoms in total. The van der Waals surface area contributed by atoms with Gasteiger partial charge < -0.3 is 14.8 Å². The summed E-state index contributed by atoms with van der Waals surface area (Å²) in [6.07, 6.45) is 1.21. The van der Waals surface area contributed by atoms with Gasteiger partial charge in [-0.3, -0.25) is 9.59 Å². The summed E-state index contributed by atoms with van der Waals surface area (Å²) < 4.78 is 5.74. The van der Waals surface area contributed by atoms with E-state index in [1.165, 1.54) is 13.2 Å². The molecule has 1 amide bonds. The molecule has 0 fully saturated rings. The number of nitrogens with one attached hydrogen (secondary N) is 1. The highest BCUT2D eigenvalue weighted by Crippen LogP contribution is 2.26. The largest absolute Gasteiger partial charge is 0.481 e. The number of carbonyl (C=O) groups is 2. The van der Waals surface area contributed by atoms with Crippen molar-refractivity contribution < 1.29 is 19.1 Å². The predicted molar refractivity (Wildman–Crippen MR) is 55.2 cm³/mol. The molecule has 1 aromatic rings. The van der Waals surface area contributed by atoms with E-state index in [1.54, 1.807) is 6.07 Å². The van der Waals surface area contributed by atoms with Crippen LogP contribution in [0.3, 0.4) is 0 Å². The van der Waals surface area contributed by atoms with Gasteiger partial charge in [-0.1, -0.05) is 0 Å². The van der Waals surface area contributed by atoms with Crippen LogP contribution >= 0.6 is 15.9 Å². The summed E-state index contributed by atoms with van der Waals surface area (Å²) in [5.41, 5.74) is 0. The first kappa shape index (κ1) is 11.8. The Bertz CT molecular complexity index is 358. The van der Waals surface area contributed by atoms with Crippen LogP contribution in [0.1, 0.15) is 25.1 Å². The number of rotatable bonds is 4. The fraction of sp³-hybridized carbons (Fsp3) is 0.333. The second-order valence-corrected chi connectivity index (χ2v) is 3.84. The number of carbonyl (C=O) groups excluding carboxylic acids is 1. The van der Waals surface area contributed by atoms with Gasteiger partial charge in [-0.25, -0.2) is 0 Å². The average Bonchev–Trinajstić information content (AvgIpc) is 2.48. The van der Waals surface area contributed by atoms with E-state index in [0.717, 1.165) is 0 Å². The van der Waals surface area contributed by atoms with Crippen molar-refractivity contribution in [3.8, 4) is 0 Å². The van der Waals surface area contributed by atoms with Crippen LogP contribution in [0.2, 0.25) is 0 Å². The Morgan fingerprint density at radius 3 is 2.73 bits per heavy atom. The average molecular weight is 276 g/mol. The highest BCUT2D eigenvalue weighted by molar-refractivity contribution is 9.10. The van der Waals surface area contributed by atoms with E-state index in [1.807, 2.05) is 0 Å². The van der Waals surface area contributed by atoms with Crippen molar-refractivity contribution in [1.29, 1.82) is 0 Å². The zero-order chi connectivity index (χ0) is 11.4. The number of amides is 1. The van der Waals surface area contributed by atoms with Crippen LogP contribution in [0.4, 0.5) is 0 Å². The number of carboxylic acids is 1. The van der Waals surface area contributed by atoms with Gasteiger partial charge in [0, 0.05) is 6.92 Å². The fourth-order valence-corrected chi connectivity index (χ4v) is 1.66. The second kappa shape index (κ2) is 4.97. The molecule has 0 aromatic carbocycles. The molecular weight excluding hydrogens is 266 g/mol. The minimum absolute atomic E-state index is 0.217. The van der Waals surface area contributed by atoms with Crippen molar-refractivity contribution in [3.63, 3.8) is 0 Å². The quantitative estimate of drug-likeness (QED) is 0.877. The Labute approximate surface area is 94.6 Å². The topological polar surface area (TPSA) is 79.5 Å². The van der Waals surface area contributed by atoms with E-state index in [0.29, 0.717) is 10.2 Å². The minimum Gasteiger partial charge on any atom is -0.481 e. The van der Waals surface area contributed by atoms with Crippen molar-refractivity contribution >= 4 is 27.8 Å². The van der Waals surface area contributed by atoms with Crippen LogP contribution in [-0.4, -0.2) is 17.0 Å². The number of halogens is 1. The zero-order valence-electron chi connectivity index (χ0n) is 7.99. The summed E-state index contributed by atoms with van der Waals surface area (Å²) in [5.74, 6) is -0.894. The van der Waals surface area contributed by atoms with Gasteiger partial charge in [0.25, 0.3) is 0 Å². The molecule has 1 rings (SSSR count). The molecule has 0 aliphatic heterocycles. The molecule has 0 aliphatic carbocycles. The van der Waals surface area contributed by atoms with Crippen molar-refractivity contribution in [2.75, 3.05) is 0 Å². The Hall–Kier alpha value is -1.30. The van der Waals surface area contributed by atoms with Crippen LogP contribution in [0.15, 0.2) is 21.2 Å². The third kappa shape index (κ3) is 3.39. The molecule has 6 heteroatoms. The van der Waals surface area contributed by atoms with Crippen LogP contribution in [0.5, 0.6) is 0 Å². The number of furan rings is 1. The lowest BCUT2D eigenvalue weighted by molar-refractivity contribution is -0.137. The highest BCUT2D eigenvalue weighted by atomic mass is 79.9. The number of carboxylic acid groups (broad SMARTS) is 1. The molecule has 1 heterocycles. The van der Waals surface area contributed by atoms with Crippen molar-refractivity contribution in [3.05, 3.63) is 22.6 Å². The molecular formula is C9H10BrNO4. The van der Waals surface area contributed by atoms with Crippen LogP contribution in [-0.2, 0) is 9.59 Å². The summed E-state index contributed by atoms with van der Waals surface area (Å²) in [6, 6.07) is 0.996. The summed E-state index contributed by atoms with van der Waals surface area (Å²) in [4.78, 5) is 21.5. The number of aliphatic carboxylic acids is 1. The van der Waals surface area contributed by atoms with Gasteiger partial charge in [0.05, 0.1) is 23.2 Å². The van der Waals surface area contributed by atoms with E-state index in [-0.39, 0.29) is 12.3 Å². The lowest BCUT2D eigenvalue weighted by Crippen LogP contribution is -2.27. The molecule has 2 N–H and O–H groups in total. The molecule has 0 aliphatic rings. The van der Waals surface area contributed by atoms with E-state index in [4.69, 9.17) is 9.52 Å². The standard InChI is InChI=1S/C9H10BrNO4/c1-5(12)11-7(4-8(13)14)9-6(10)2-3-15-9/h2-3,7H,4H2,1H3,(H,11,12)(H,13,14). The summed E-state index contributed by atoms with van der Waals surface area (Å²) in [5, 5.41) is 11.2. The molecule has 0 spiro atoms. The normalized spacial score (nSPS) is 12.1. The Morgan fingerprint density at radius 1 is 1.67 bits per heavy atom. The first-order valence-electron chi connectivity index (χ1n) is 4.22. The SMILES string of the molecule is CC(=O)NC(CC(=O)O)c1occc1Br. The van der Waals surface area contributed by atoms with E-state index >= 15 is 0 Å². The maximum absolute atomic E-state index is 10.9. The predicted octanol–water partition coefficient (Wildman–Crippen LogP) is 1.69. The summed E-state index contributed by atoms with van der Waals surface area (Å²) in [7, 11) is 0. The van der Waals surface area contributed by atoms with Gasteiger partial charge in [0.1, 0.15) is 5.76 Å². The Balaban J connectivity index is 2.85. The van der Waals surface area contributed by atoms with E-state index < -0.39 is 12.0 Å². The maximum Gasteiger partial charge on any atom is 0.305 e. The summed E-state index contributed by atoms with van der Waals surface area (Å²) in [6.45, 7) is 1.33. The number of hydrogen-bond acceptors (Lipinski definition) is 3. The van der Waals surface area contributed by atoms with Gasteiger partial charge in [-0.05, 0) is 22.0 Å². The van der Waals surface area contributed by atoms with Gasteiger partial charge in [0.2, 0.25) is 5.91 Å². The molecule has 1 aromatic heterocycles. The van der Waals surface area contributed by atoms with Crippen LogP contribution in [0.25, 0.3) is 0 Å². The van der Waals surface area contributed by atoms with E-state index in [9.17, 15) is 9.59 Å². The molecule has 82 valence electrons. The first-order valence-corrected chi connectivity index (χ1v) is 5.01. The lowest BCUT2D eigenvalue weighted by Gasteiger charge is -2.13. The van der Waals surface area contributed by atoms with Crippen molar-refractivity contribution in [2.45, 2.75) is 19.4 Å². The lowest BCUT2D eigenvalue weighted by atomic mass is 10.1. The molecule has 0 bridgehead atoms. The zero-order valence-corrected chi connectivity index (χ0v) is 9.58. The molecule has 15 heavy (non-hydrogen) atoms.